The number of carbonyl (C=O) groups is 1. The third-order valence-corrected chi connectivity index (χ3v) is 6.94. The predicted octanol–water partition coefficient (Wildman–Crippen LogP) is 3.76. The van der Waals surface area contributed by atoms with Gasteiger partial charge in [0.1, 0.15) is 0 Å². The molecule has 4 nitrogen and oxygen atoms in total. The van der Waals surface area contributed by atoms with E-state index in [9.17, 15) is 4.79 Å². The number of fused-ring (bicyclic) bond motifs is 3. The van der Waals surface area contributed by atoms with Gasteiger partial charge in [-0.15, -0.1) is 0 Å². The monoisotopic (exact) mass is 343 g/mol. The van der Waals surface area contributed by atoms with Gasteiger partial charge in [-0.2, -0.15) is 0 Å². The van der Waals surface area contributed by atoms with E-state index >= 15 is 0 Å². The lowest BCUT2D eigenvalue weighted by Crippen LogP contribution is -2.43. The smallest absolute Gasteiger partial charge is 0.233 e. The Kier molecular flexibility index (Phi) is 4.29. The molecule has 1 N–H and O–H groups in total. The van der Waals surface area contributed by atoms with E-state index in [-0.39, 0.29) is 17.2 Å². The Labute approximate surface area is 147 Å². The van der Waals surface area contributed by atoms with E-state index in [0.717, 1.165) is 22.5 Å². The number of nitrogens with zero attached hydrogens (tertiary/aromatic N) is 2. The fraction of sp³-hybridized carbons (Fsp3) is 0.579. The fourth-order valence-electron chi connectivity index (χ4n) is 4.57. The van der Waals surface area contributed by atoms with Gasteiger partial charge >= 0.3 is 0 Å². The molecule has 2 aliphatic carbocycles. The quantitative estimate of drug-likeness (QED) is 0.841. The molecule has 0 aromatic carbocycles. The third kappa shape index (κ3) is 2.94. The lowest BCUT2D eigenvalue weighted by atomic mass is 9.84. The molecule has 2 fully saturated rings. The van der Waals surface area contributed by atoms with Gasteiger partial charge < -0.3 is 5.32 Å². The zero-order valence-electron chi connectivity index (χ0n) is 14.3. The average molecular weight is 343 g/mol. The van der Waals surface area contributed by atoms with Crippen LogP contribution in [0.1, 0.15) is 39.5 Å². The van der Waals surface area contributed by atoms with Crippen molar-refractivity contribution in [3.05, 3.63) is 30.6 Å². The van der Waals surface area contributed by atoms with Crippen LogP contribution in [0.5, 0.6) is 0 Å². The van der Waals surface area contributed by atoms with Crippen molar-refractivity contribution in [1.82, 2.24) is 14.7 Å². The molecule has 5 atom stereocenters. The predicted molar refractivity (Wildman–Crippen MR) is 97.1 cm³/mol. The van der Waals surface area contributed by atoms with Gasteiger partial charge in [0.05, 0.1) is 17.0 Å². The summed E-state index contributed by atoms with van der Waals surface area (Å²) in [7, 11) is 0. The molecule has 2 aromatic heterocycles. The number of aromatic nitrogens is 2. The van der Waals surface area contributed by atoms with E-state index < -0.39 is 0 Å². The van der Waals surface area contributed by atoms with E-state index in [1.807, 2.05) is 41.9 Å². The van der Waals surface area contributed by atoms with E-state index in [0.29, 0.717) is 5.92 Å². The molecule has 0 radical (unpaired) electrons. The lowest BCUT2D eigenvalue weighted by molar-refractivity contribution is -0.121. The summed E-state index contributed by atoms with van der Waals surface area (Å²) in [6.45, 7) is 4.16. The molecule has 1 amide bonds. The molecule has 0 spiro atoms. The Balaban J connectivity index is 1.37. The molecule has 2 bridgehead atoms. The largest absolute Gasteiger partial charge is 0.352 e. The van der Waals surface area contributed by atoms with E-state index in [4.69, 9.17) is 0 Å². The SMILES string of the molecule is C[C@H](Sc1ncc2ccccn12)C(=O)N[C@H](C)[C@H]1C[C@H]2CC[C@H]1C2. The van der Waals surface area contributed by atoms with Crippen LogP contribution in [0.3, 0.4) is 0 Å². The maximum Gasteiger partial charge on any atom is 0.233 e. The molecular weight excluding hydrogens is 318 g/mol. The second-order valence-corrected chi connectivity index (χ2v) is 8.74. The first-order chi connectivity index (χ1) is 11.6. The second-order valence-electron chi connectivity index (χ2n) is 7.43. The topological polar surface area (TPSA) is 46.4 Å². The molecule has 2 saturated carbocycles. The van der Waals surface area contributed by atoms with Gasteiger partial charge in [0.25, 0.3) is 0 Å². The van der Waals surface area contributed by atoms with Crippen molar-refractivity contribution in [3.8, 4) is 0 Å². The maximum absolute atomic E-state index is 12.6. The minimum absolute atomic E-state index is 0.128. The highest BCUT2D eigenvalue weighted by atomic mass is 32.2. The van der Waals surface area contributed by atoms with Gasteiger partial charge in [0, 0.05) is 12.2 Å². The summed E-state index contributed by atoms with van der Waals surface area (Å²) in [4.78, 5) is 17.1. The van der Waals surface area contributed by atoms with Gasteiger partial charge in [0.2, 0.25) is 5.91 Å². The fourth-order valence-corrected chi connectivity index (χ4v) is 5.46. The number of thioether (sulfide) groups is 1. The zero-order valence-corrected chi connectivity index (χ0v) is 15.1. The number of nitrogens with one attached hydrogen (secondary N) is 1. The molecule has 0 aliphatic heterocycles. The summed E-state index contributed by atoms with van der Waals surface area (Å²) in [6.07, 6.45) is 9.30. The number of pyridine rings is 1. The highest BCUT2D eigenvalue weighted by Crippen LogP contribution is 2.49. The van der Waals surface area contributed by atoms with Gasteiger partial charge in [-0.05, 0) is 63.0 Å². The van der Waals surface area contributed by atoms with Crippen molar-refractivity contribution in [3.63, 3.8) is 0 Å². The summed E-state index contributed by atoms with van der Waals surface area (Å²) < 4.78 is 2.04. The summed E-state index contributed by atoms with van der Waals surface area (Å²) in [5, 5.41) is 4.00. The molecule has 4 rings (SSSR count). The van der Waals surface area contributed by atoms with Crippen LogP contribution in [-0.2, 0) is 4.79 Å². The second kappa shape index (κ2) is 6.43. The zero-order chi connectivity index (χ0) is 16.7. The standard InChI is InChI=1S/C19H25N3OS/c1-12(17-10-14-6-7-15(17)9-14)21-18(23)13(2)24-19-20-11-16-5-3-4-8-22(16)19/h3-5,8,11-15,17H,6-7,9-10H2,1-2H3,(H,21,23)/t12-,13+,14+,15+,17-/m1/s1. The third-order valence-electron chi connectivity index (χ3n) is 5.86. The van der Waals surface area contributed by atoms with Crippen molar-refractivity contribution in [1.29, 1.82) is 0 Å². The molecule has 5 heteroatoms. The molecule has 0 unspecified atom stereocenters. The maximum atomic E-state index is 12.6. The molecule has 128 valence electrons. The van der Waals surface area contributed by atoms with Crippen LogP contribution in [0.2, 0.25) is 0 Å². The van der Waals surface area contributed by atoms with Gasteiger partial charge in [0.15, 0.2) is 5.16 Å². The van der Waals surface area contributed by atoms with Crippen molar-refractivity contribution in [2.75, 3.05) is 0 Å². The van der Waals surface area contributed by atoms with Crippen molar-refractivity contribution in [2.24, 2.45) is 17.8 Å². The van der Waals surface area contributed by atoms with Crippen LogP contribution in [0.15, 0.2) is 35.7 Å². The highest BCUT2D eigenvalue weighted by molar-refractivity contribution is 8.00. The van der Waals surface area contributed by atoms with Gasteiger partial charge in [-0.3, -0.25) is 9.20 Å². The molecular formula is C19H25N3OS. The van der Waals surface area contributed by atoms with Crippen LogP contribution in [0, 0.1) is 17.8 Å². The Bertz CT molecular complexity index is 743. The van der Waals surface area contributed by atoms with E-state index in [2.05, 4.69) is 17.2 Å². The summed E-state index contributed by atoms with van der Waals surface area (Å²) in [6, 6.07) is 6.30. The molecule has 2 heterocycles. The summed E-state index contributed by atoms with van der Waals surface area (Å²) >= 11 is 1.53. The number of amides is 1. The van der Waals surface area contributed by atoms with Crippen LogP contribution in [0.4, 0.5) is 0 Å². The first kappa shape index (κ1) is 16.0. The van der Waals surface area contributed by atoms with E-state index in [1.165, 1.54) is 37.4 Å². The minimum Gasteiger partial charge on any atom is -0.352 e. The lowest BCUT2D eigenvalue weighted by Gasteiger charge is -2.29. The summed E-state index contributed by atoms with van der Waals surface area (Å²) in [5.74, 6) is 2.56. The Morgan fingerprint density at radius 1 is 1.33 bits per heavy atom. The van der Waals surface area contributed by atoms with E-state index in [1.54, 1.807) is 0 Å². The van der Waals surface area contributed by atoms with Crippen LogP contribution < -0.4 is 5.32 Å². The normalized spacial score (nSPS) is 28.2. The highest BCUT2D eigenvalue weighted by Gasteiger charge is 2.42. The van der Waals surface area contributed by atoms with Crippen LogP contribution in [0.25, 0.3) is 5.52 Å². The van der Waals surface area contributed by atoms with Gasteiger partial charge in [-0.1, -0.05) is 24.2 Å². The first-order valence-electron chi connectivity index (χ1n) is 9.01. The number of imidazole rings is 1. The summed E-state index contributed by atoms with van der Waals surface area (Å²) in [5.41, 5.74) is 1.06. The van der Waals surface area contributed by atoms with Crippen LogP contribution in [-0.4, -0.2) is 26.6 Å². The first-order valence-corrected chi connectivity index (χ1v) is 9.89. The number of carbonyl (C=O) groups excluding carboxylic acids is 1. The van der Waals surface area contributed by atoms with Crippen LogP contribution >= 0.6 is 11.8 Å². The van der Waals surface area contributed by atoms with Crippen molar-refractivity contribution < 1.29 is 4.79 Å². The Morgan fingerprint density at radius 2 is 2.21 bits per heavy atom. The molecule has 2 aliphatic rings. The molecule has 2 aromatic rings. The van der Waals surface area contributed by atoms with Crippen molar-refractivity contribution >= 4 is 23.2 Å². The number of rotatable bonds is 5. The number of hydrogen-bond donors (Lipinski definition) is 1. The Hall–Kier alpha value is -1.49. The number of hydrogen-bond acceptors (Lipinski definition) is 3. The van der Waals surface area contributed by atoms with Crippen molar-refractivity contribution in [2.45, 2.75) is 56.0 Å². The Morgan fingerprint density at radius 3 is 2.96 bits per heavy atom. The minimum atomic E-state index is -0.142. The van der Waals surface area contributed by atoms with Gasteiger partial charge in [-0.25, -0.2) is 4.98 Å². The average Bonchev–Trinajstić information content (AvgIpc) is 3.30. The molecule has 0 saturated heterocycles. The molecule has 24 heavy (non-hydrogen) atoms.